The standard InChI is InChI=1S/C25H25N3O3S/c1-2-18-13-15-21(16-14-18)31-17-22(29)26-25(32)28-27-24(30)23(19-9-5-3-6-10-19)20-11-7-4-8-12-20/h3-16,23H,2,17H2,1H3,(H,27,30)(H2,26,28,29,32). The first-order valence-electron chi connectivity index (χ1n) is 10.3. The zero-order valence-corrected chi connectivity index (χ0v) is 18.5. The maximum Gasteiger partial charge on any atom is 0.264 e. The van der Waals surface area contributed by atoms with Gasteiger partial charge in [-0.1, -0.05) is 79.7 Å². The van der Waals surface area contributed by atoms with Crippen molar-refractivity contribution in [2.24, 2.45) is 0 Å². The molecule has 0 aromatic heterocycles. The lowest BCUT2D eigenvalue weighted by molar-refractivity contribution is -0.123. The fourth-order valence-electron chi connectivity index (χ4n) is 3.14. The van der Waals surface area contributed by atoms with Gasteiger partial charge in [-0.15, -0.1) is 0 Å². The molecular formula is C25H25N3O3S. The normalized spacial score (nSPS) is 10.3. The number of carbonyl (C=O) groups is 2. The van der Waals surface area contributed by atoms with E-state index in [0.29, 0.717) is 5.75 Å². The molecule has 3 aromatic rings. The highest BCUT2D eigenvalue weighted by atomic mass is 32.1. The van der Waals surface area contributed by atoms with Crippen molar-refractivity contribution in [3.8, 4) is 5.75 Å². The van der Waals surface area contributed by atoms with E-state index < -0.39 is 11.8 Å². The van der Waals surface area contributed by atoms with E-state index in [2.05, 4.69) is 23.1 Å². The van der Waals surface area contributed by atoms with Gasteiger partial charge in [-0.05, 0) is 47.5 Å². The molecule has 0 bridgehead atoms. The summed E-state index contributed by atoms with van der Waals surface area (Å²) in [6.45, 7) is 1.87. The topological polar surface area (TPSA) is 79.5 Å². The van der Waals surface area contributed by atoms with E-state index in [4.69, 9.17) is 17.0 Å². The molecule has 6 nitrogen and oxygen atoms in total. The number of aryl methyl sites for hydroxylation is 1. The predicted octanol–water partition coefficient (Wildman–Crippen LogP) is 3.48. The molecule has 0 fully saturated rings. The molecule has 0 aliphatic carbocycles. The molecule has 0 aliphatic heterocycles. The first-order chi connectivity index (χ1) is 15.6. The Kier molecular flexibility index (Phi) is 8.34. The lowest BCUT2D eigenvalue weighted by Gasteiger charge is -2.19. The fraction of sp³-hybridized carbons (Fsp3) is 0.160. The number of rotatable bonds is 7. The van der Waals surface area contributed by atoms with Gasteiger partial charge in [0.2, 0.25) is 5.91 Å². The molecule has 0 atom stereocenters. The van der Waals surface area contributed by atoms with Crippen molar-refractivity contribution in [2.45, 2.75) is 19.3 Å². The largest absolute Gasteiger partial charge is 0.484 e. The average Bonchev–Trinajstić information content (AvgIpc) is 2.83. The number of amides is 2. The number of nitrogens with one attached hydrogen (secondary N) is 3. The van der Waals surface area contributed by atoms with Crippen LogP contribution in [0.3, 0.4) is 0 Å². The number of thiocarbonyl (C=S) groups is 1. The average molecular weight is 448 g/mol. The summed E-state index contributed by atoms with van der Waals surface area (Å²) in [4.78, 5) is 25.0. The maximum atomic E-state index is 12.9. The highest BCUT2D eigenvalue weighted by Gasteiger charge is 2.22. The molecule has 3 rings (SSSR count). The van der Waals surface area contributed by atoms with Gasteiger partial charge in [0.05, 0.1) is 5.92 Å². The van der Waals surface area contributed by atoms with Gasteiger partial charge in [-0.25, -0.2) is 0 Å². The van der Waals surface area contributed by atoms with Crippen molar-refractivity contribution in [1.29, 1.82) is 0 Å². The molecule has 0 saturated carbocycles. The van der Waals surface area contributed by atoms with Crippen LogP contribution in [0.1, 0.15) is 29.5 Å². The summed E-state index contributed by atoms with van der Waals surface area (Å²) in [5.41, 5.74) is 8.05. The third-order valence-corrected chi connectivity index (χ3v) is 4.99. The van der Waals surface area contributed by atoms with Gasteiger partial charge in [-0.3, -0.25) is 25.8 Å². The molecule has 0 spiro atoms. The molecule has 164 valence electrons. The lowest BCUT2D eigenvalue weighted by atomic mass is 9.91. The molecule has 0 saturated heterocycles. The molecule has 32 heavy (non-hydrogen) atoms. The van der Waals surface area contributed by atoms with Crippen LogP contribution in [-0.2, 0) is 16.0 Å². The molecule has 0 unspecified atom stereocenters. The monoisotopic (exact) mass is 447 g/mol. The smallest absolute Gasteiger partial charge is 0.264 e. The maximum absolute atomic E-state index is 12.9. The number of benzene rings is 3. The summed E-state index contributed by atoms with van der Waals surface area (Å²) in [6.07, 6.45) is 0.932. The molecule has 3 aromatic carbocycles. The van der Waals surface area contributed by atoms with Crippen LogP contribution in [0.4, 0.5) is 0 Å². The third-order valence-electron chi connectivity index (χ3n) is 4.78. The molecule has 2 amide bonds. The summed E-state index contributed by atoms with van der Waals surface area (Å²) < 4.78 is 5.46. The van der Waals surface area contributed by atoms with Crippen molar-refractivity contribution >= 4 is 29.1 Å². The Bertz CT molecular complexity index is 1000. The first kappa shape index (κ1) is 23.0. The van der Waals surface area contributed by atoms with Gasteiger partial charge in [0.15, 0.2) is 11.7 Å². The lowest BCUT2D eigenvalue weighted by Crippen LogP contribution is -2.50. The SMILES string of the molecule is CCc1ccc(OCC(=O)NC(=S)NNC(=O)C(c2ccccc2)c2ccccc2)cc1. The summed E-state index contributed by atoms with van der Waals surface area (Å²) in [6, 6.07) is 26.4. The second kappa shape index (κ2) is 11.6. The second-order valence-corrected chi connectivity index (χ2v) is 7.44. The zero-order valence-electron chi connectivity index (χ0n) is 17.7. The van der Waals surface area contributed by atoms with Gasteiger partial charge >= 0.3 is 0 Å². The molecular weight excluding hydrogens is 422 g/mol. The van der Waals surface area contributed by atoms with E-state index in [0.717, 1.165) is 17.5 Å². The molecule has 0 heterocycles. The molecule has 0 aliphatic rings. The van der Waals surface area contributed by atoms with Crippen molar-refractivity contribution in [2.75, 3.05) is 6.61 Å². The minimum absolute atomic E-state index is 0.0202. The second-order valence-electron chi connectivity index (χ2n) is 7.03. The van der Waals surface area contributed by atoms with Crippen LogP contribution in [0.15, 0.2) is 84.9 Å². The van der Waals surface area contributed by atoms with Gasteiger partial charge < -0.3 is 4.74 Å². The van der Waals surface area contributed by atoms with Crippen LogP contribution in [-0.4, -0.2) is 23.5 Å². The molecule has 3 N–H and O–H groups in total. The number of hydrazine groups is 1. The van der Waals surface area contributed by atoms with Gasteiger partial charge in [0, 0.05) is 0 Å². The Balaban J connectivity index is 1.52. The van der Waals surface area contributed by atoms with Crippen molar-refractivity contribution in [1.82, 2.24) is 16.2 Å². The van der Waals surface area contributed by atoms with Crippen LogP contribution < -0.4 is 20.9 Å². The highest BCUT2D eigenvalue weighted by Crippen LogP contribution is 2.24. The third kappa shape index (κ3) is 6.65. The number of hydrogen-bond donors (Lipinski definition) is 3. The summed E-state index contributed by atoms with van der Waals surface area (Å²) in [5, 5.41) is 2.47. The van der Waals surface area contributed by atoms with Crippen LogP contribution >= 0.6 is 12.2 Å². The van der Waals surface area contributed by atoms with Gasteiger partial charge in [0.1, 0.15) is 5.75 Å². The number of hydrogen-bond acceptors (Lipinski definition) is 4. The highest BCUT2D eigenvalue weighted by molar-refractivity contribution is 7.80. The van der Waals surface area contributed by atoms with Crippen LogP contribution in [0.25, 0.3) is 0 Å². The first-order valence-corrected chi connectivity index (χ1v) is 10.7. The van der Waals surface area contributed by atoms with E-state index in [1.807, 2.05) is 84.9 Å². The predicted molar refractivity (Wildman–Crippen MR) is 128 cm³/mol. The Labute approximate surface area is 193 Å². The van der Waals surface area contributed by atoms with Crippen LogP contribution in [0, 0.1) is 0 Å². The van der Waals surface area contributed by atoms with Crippen molar-refractivity contribution < 1.29 is 14.3 Å². The minimum atomic E-state index is -0.530. The Morgan fingerprint density at radius 3 is 1.94 bits per heavy atom. The van der Waals surface area contributed by atoms with Gasteiger partial charge in [0.25, 0.3) is 5.91 Å². The Morgan fingerprint density at radius 2 is 1.41 bits per heavy atom. The van der Waals surface area contributed by atoms with Crippen molar-refractivity contribution in [3.63, 3.8) is 0 Å². The summed E-state index contributed by atoms with van der Waals surface area (Å²) in [7, 11) is 0. The Hall–Kier alpha value is -3.71. The summed E-state index contributed by atoms with van der Waals surface area (Å²) >= 11 is 5.12. The summed E-state index contributed by atoms with van der Waals surface area (Å²) in [5.74, 6) is -0.666. The van der Waals surface area contributed by atoms with E-state index in [-0.39, 0.29) is 17.6 Å². The van der Waals surface area contributed by atoms with Crippen LogP contribution in [0.2, 0.25) is 0 Å². The van der Waals surface area contributed by atoms with E-state index in [1.165, 1.54) is 5.56 Å². The fourth-order valence-corrected chi connectivity index (χ4v) is 3.31. The van der Waals surface area contributed by atoms with E-state index in [1.54, 1.807) is 0 Å². The van der Waals surface area contributed by atoms with Crippen molar-refractivity contribution in [3.05, 3.63) is 102 Å². The minimum Gasteiger partial charge on any atom is -0.484 e. The van der Waals surface area contributed by atoms with Gasteiger partial charge in [-0.2, -0.15) is 0 Å². The molecule has 7 heteroatoms. The van der Waals surface area contributed by atoms with E-state index in [9.17, 15) is 9.59 Å². The van der Waals surface area contributed by atoms with E-state index >= 15 is 0 Å². The number of ether oxygens (including phenoxy) is 1. The van der Waals surface area contributed by atoms with Crippen LogP contribution in [0.5, 0.6) is 5.75 Å². The number of carbonyl (C=O) groups excluding carboxylic acids is 2. The quantitative estimate of drug-likeness (QED) is 0.382. The Morgan fingerprint density at radius 1 is 0.844 bits per heavy atom. The molecule has 0 radical (unpaired) electrons. The zero-order chi connectivity index (χ0) is 22.8.